The molecule has 1 aliphatic heterocycles. The number of aromatic nitrogens is 2. The molecule has 4 rings (SSSR count). The predicted molar refractivity (Wildman–Crippen MR) is 95.7 cm³/mol. The average molecular weight is 349 g/mol. The van der Waals surface area contributed by atoms with Crippen molar-refractivity contribution in [3.63, 3.8) is 0 Å². The second-order valence-corrected chi connectivity index (χ2v) is 6.44. The number of nitrogens with zero attached hydrogens (tertiary/aromatic N) is 3. The van der Waals surface area contributed by atoms with Crippen molar-refractivity contribution in [2.24, 2.45) is 0 Å². The van der Waals surface area contributed by atoms with E-state index in [-0.39, 0.29) is 17.6 Å². The van der Waals surface area contributed by atoms with Crippen LogP contribution in [0.3, 0.4) is 0 Å². The molecule has 3 aromatic rings. The summed E-state index contributed by atoms with van der Waals surface area (Å²) in [6, 6.07) is 16.1. The largest absolute Gasteiger partial charge is 0.508 e. The van der Waals surface area contributed by atoms with Gasteiger partial charge < -0.3 is 14.5 Å². The summed E-state index contributed by atoms with van der Waals surface area (Å²) in [4.78, 5) is 18.9. The van der Waals surface area contributed by atoms with Crippen LogP contribution in [0.5, 0.6) is 5.75 Å². The summed E-state index contributed by atoms with van der Waals surface area (Å²) in [7, 11) is 0. The Kier molecular flexibility index (Phi) is 4.39. The molecule has 2 aromatic carbocycles. The Bertz CT molecular complexity index is 882. The SMILES string of the molecule is O=C(c1ccccc1)N1CCC(c2nc(-c3ccc(O)cc3)no2)CC1. The molecule has 1 fully saturated rings. The van der Waals surface area contributed by atoms with E-state index in [4.69, 9.17) is 4.52 Å². The van der Waals surface area contributed by atoms with Crippen LogP contribution in [0.4, 0.5) is 0 Å². The Hall–Kier alpha value is -3.15. The number of rotatable bonds is 3. The summed E-state index contributed by atoms with van der Waals surface area (Å²) in [6.07, 6.45) is 1.60. The summed E-state index contributed by atoms with van der Waals surface area (Å²) in [6.45, 7) is 1.35. The fraction of sp³-hybridized carbons (Fsp3) is 0.250. The molecule has 1 aromatic heterocycles. The van der Waals surface area contributed by atoms with E-state index < -0.39 is 0 Å². The van der Waals surface area contributed by atoms with Crippen molar-refractivity contribution in [3.05, 3.63) is 66.1 Å². The van der Waals surface area contributed by atoms with E-state index in [0.29, 0.717) is 24.8 Å². The molecule has 26 heavy (non-hydrogen) atoms. The molecule has 6 heteroatoms. The van der Waals surface area contributed by atoms with Gasteiger partial charge in [0.1, 0.15) is 5.75 Å². The lowest BCUT2D eigenvalue weighted by Crippen LogP contribution is -2.37. The van der Waals surface area contributed by atoms with Crippen molar-refractivity contribution < 1.29 is 14.4 Å². The Morgan fingerprint density at radius 3 is 2.42 bits per heavy atom. The zero-order chi connectivity index (χ0) is 17.9. The maximum atomic E-state index is 12.5. The molecule has 0 bridgehead atoms. The highest BCUT2D eigenvalue weighted by Crippen LogP contribution is 2.29. The van der Waals surface area contributed by atoms with Gasteiger partial charge in [-0.1, -0.05) is 23.4 Å². The first-order valence-electron chi connectivity index (χ1n) is 8.68. The maximum Gasteiger partial charge on any atom is 0.253 e. The number of hydrogen-bond acceptors (Lipinski definition) is 5. The first kappa shape index (κ1) is 16.3. The van der Waals surface area contributed by atoms with Gasteiger partial charge in [-0.05, 0) is 49.2 Å². The van der Waals surface area contributed by atoms with Gasteiger partial charge in [0.2, 0.25) is 11.7 Å². The van der Waals surface area contributed by atoms with E-state index in [2.05, 4.69) is 10.1 Å². The molecule has 0 saturated carbocycles. The molecular formula is C20H19N3O3. The van der Waals surface area contributed by atoms with Crippen molar-refractivity contribution >= 4 is 5.91 Å². The van der Waals surface area contributed by atoms with Gasteiger partial charge in [0, 0.05) is 30.1 Å². The Morgan fingerprint density at radius 2 is 1.73 bits per heavy atom. The summed E-state index contributed by atoms with van der Waals surface area (Å²) in [5.41, 5.74) is 1.52. The smallest absolute Gasteiger partial charge is 0.253 e. The summed E-state index contributed by atoms with van der Waals surface area (Å²) < 4.78 is 5.44. The van der Waals surface area contributed by atoms with Gasteiger partial charge in [-0.15, -0.1) is 0 Å². The monoisotopic (exact) mass is 349 g/mol. The summed E-state index contributed by atoms with van der Waals surface area (Å²) in [5, 5.41) is 13.4. The Morgan fingerprint density at radius 1 is 1.04 bits per heavy atom. The van der Waals surface area contributed by atoms with Crippen molar-refractivity contribution in [2.45, 2.75) is 18.8 Å². The zero-order valence-electron chi connectivity index (χ0n) is 14.2. The van der Waals surface area contributed by atoms with E-state index in [9.17, 15) is 9.90 Å². The topological polar surface area (TPSA) is 79.5 Å². The van der Waals surface area contributed by atoms with Gasteiger partial charge in [0.15, 0.2) is 0 Å². The van der Waals surface area contributed by atoms with E-state index in [0.717, 1.165) is 24.0 Å². The van der Waals surface area contributed by atoms with Crippen LogP contribution in [-0.4, -0.2) is 39.1 Å². The first-order valence-corrected chi connectivity index (χ1v) is 8.68. The lowest BCUT2D eigenvalue weighted by atomic mass is 9.96. The number of amides is 1. The van der Waals surface area contributed by atoms with E-state index in [1.54, 1.807) is 24.3 Å². The zero-order valence-corrected chi connectivity index (χ0v) is 14.2. The molecule has 0 spiro atoms. The number of aromatic hydroxyl groups is 1. The van der Waals surface area contributed by atoms with Gasteiger partial charge in [-0.3, -0.25) is 4.79 Å². The van der Waals surface area contributed by atoms with Crippen molar-refractivity contribution in [1.29, 1.82) is 0 Å². The lowest BCUT2D eigenvalue weighted by Gasteiger charge is -2.30. The molecule has 2 heterocycles. The molecule has 0 unspecified atom stereocenters. The fourth-order valence-corrected chi connectivity index (χ4v) is 3.22. The minimum atomic E-state index is 0.0689. The third-order valence-electron chi connectivity index (χ3n) is 4.72. The first-order chi connectivity index (χ1) is 12.7. The van der Waals surface area contributed by atoms with E-state index in [1.165, 1.54) is 0 Å². The molecule has 6 nitrogen and oxygen atoms in total. The van der Waals surface area contributed by atoms with Crippen LogP contribution in [0, 0.1) is 0 Å². The number of carbonyl (C=O) groups excluding carboxylic acids is 1. The highest BCUT2D eigenvalue weighted by Gasteiger charge is 2.28. The second-order valence-electron chi connectivity index (χ2n) is 6.44. The van der Waals surface area contributed by atoms with Crippen LogP contribution in [0.15, 0.2) is 59.1 Å². The maximum absolute atomic E-state index is 12.5. The second kappa shape index (κ2) is 7.00. The molecule has 1 aliphatic rings. The molecular weight excluding hydrogens is 330 g/mol. The number of likely N-dealkylation sites (tertiary alicyclic amines) is 1. The van der Waals surface area contributed by atoms with Gasteiger partial charge in [-0.2, -0.15) is 4.98 Å². The number of benzene rings is 2. The van der Waals surface area contributed by atoms with Gasteiger partial charge in [-0.25, -0.2) is 0 Å². The van der Waals surface area contributed by atoms with Gasteiger partial charge in [0.05, 0.1) is 0 Å². The normalized spacial score (nSPS) is 15.2. The summed E-state index contributed by atoms with van der Waals surface area (Å²) in [5.74, 6) is 1.56. The third kappa shape index (κ3) is 3.31. The van der Waals surface area contributed by atoms with Crippen LogP contribution in [0.2, 0.25) is 0 Å². The molecule has 0 atom stereocenters. The molecule has 132 valence electrons. The minimum absolute atomic E-state index is 0.0689. The number of phenols is 1. The quantitative estimate of drug-likeness (QED) is 0.783. The highest BCUT2D eigenvalue weighted by molar-refractivity contribution is 5.94. The van der Waals surface area contributed by atoms with Gasteiger partial charge >= 0.3 is 0 Å². The molecule has 1 amide bonds. The molecule has 1 saturated heterocycles. The number of phenolic OH excluding ortho intramolecular Hbond substituents is 1. The van der Waals surface area contributed by atoms with E-state index >= 15 is 0 Å². The molecule has 0 aliphatic carbocycles. The van der Waals surface area contributed by atoms with Crippen LogP contribution >= 0.6 is 0 Å². The standard InChI is InChI=1S/C20H19N3O3/c24-17-8-6-14(7-9-17)18-21-19(26-22-18)15-10-12-23(13-11-15)20(25)16-4-2-1-3-5-16/h1-9,15,24H,10-13H2. The van der Waals surface area contributed by atoms with Crippen LogP contribution < -0.4 is 0 Å². The predicted octanol–water partition coefficient (Wildman–Crippen LogP) is 3.46. The van der Waals surface area contributed by atoms with Gasteiger partial charge in [0.25, 0.3) is 5.91 Å². The average Bonchev–Trinajstić information content (AvgIpc) is 3.19. The highest BCUT2D eigenvalue weighted by atomic mass is 16.5. The summed E-state index contributed by atoms with van der Waals surface area (Å²) >= 11 is 0. The van der Waals surface area contributed by atoms with Crippen molar-refractivity contribution in [1.82, 2.24) is 15.0 Å². The van der Waals surface area contributed by atoms with E-state index in [1.807, 2.05) is 35.2 Å². The Labute approximate surface area is 151 Å². The molecule has 1 N–H and O–H groups in total. The van der Waals surface area contributed by atoms with Crippen LogP contribution in [0.25, 0.3) is 11.4 Å². The number of piperidine rings is 1. The fourth-order valence-electron chi connectivity index (χ4n) is 3.22. The molecule has 0 radical (unpaired) electrons. The minimum Gasteiger partial charge on any atom is -0.508 e. The van der Waals surface area contributed by atoms with Crippen LogP contribution in [0.1, 0.15) is 35.0 Å². The Balaban J connectivity index is 1.41. The van der Waals surface area contributed by atoms with Crippen molar-refractivity contribution in [2.75, 3.05) is 13.1 Å². The number of hydrogen-bond donors (Lipinski definition) is 1. The van der Waals surface area contributed by atoms with Crippen LogP contribution in [-0.2, 0) is 0 Å². The van der Waals surface area contributed by atoms with Crippen molar-refractivity contribution in [3.8, 4) is 17.1 Å². The third-order valence-corrected chi connectivity index (χ3v) is 4.72. The lowest BCUT2D eigenvalue weighted by molar-refractivity contribution is 0.0704. The number of carbonyl (C=O) groups is 1.